The van der Waals surface area contributed by atoms with Crippen molar-refractivity contribution in [1.82, 2.24) is 4.72 Å². The van der Waals surface area contributed by atoms with Crippen LogP contribution in [0.1, 0.15) is 56.1 Å². The number of nitrogens with one attached hydrogen (secondary N) is 1. The fourth-order valence-corrected chi connectivity index (χ4v) is 11.0. The summed E-state index contributed by atoms with van der Waals surface area (Å²) in [6, 6.07) is 13.3. The number of hydrogen-bond acceptors (Lipinski definition) is 4. The minimum absolute atomic E-state index is 0.00223. The van der Waals surface area contributed by atoms with Gasteiger partial charge in [-0.3, -0.25) is 4.79 Å². The Morgan fingerprint density at radius 1 is 0.914 bits per heavy atom. The molecule has 5 atom stereocenters. The van der Waals surface area contributed by atoms with Gasteiger partial charge in [0.25, 0.3) is 10.0 Å². The van der Waals surface area contributed by atoms with Gasteiger partial charge in [0.15, 0.2) is 9.92 Å². The molecular formula is C26H32N2O5S2. The molecule has 4 aliphatic carbocycles. The summed E-state index contributed by atoms with van der Waals surface area (Å²) in [7, 11) is -7.80. The van der Waals surface area contributed by atoms with Crippen molar-refractivity contribution in [2.24, 2.45) is 21.0 Å². The summed E-state index contributed by atoms with van der Waals surface area (Å²) >= 11 is 0. The summed E-state index contributed by atoms with van der Waals surface area (Å²) in [5.41, 5.74) is 0.936. The number of carbonyl (C=O) groups is 1. The highest BCUT2D eigenvalue weighted by Crippen LogP contribution is 2.63. The minimum Gasteiger partial charge on any atom is -0.481 e. The first kappa shape index (κ1) is 24.5. The lowest BCUT2D eigenvalue weighted by Gasteiger charge is -2.62. The molecule has 4 aliphatic rings. The smallest absolute Gasteiger partial charge is 0.303 e. The molecule has 0 spiro atoms. The molecular weight excluding hydrogens is 484 g/mol. The van der Waals surface area contributed by atoms with Crippen LogP contribution in [0.25, 0.3) is 0 Å². The van der Waals surface area contributed by atoms with Crippen molar-refractivity contribution in [2.75, 3.05) is 0 Å². The summed E-state index contributed by atoms with van der Waals surface area (Å²) in [5.74, 6) is -0.120. The SMILES string of the molecule is Cc1ccc(S(=O)(=O)N=S(=O)(NC23C[C@@H]4C[C@@H](CC(CC(=O)O)(C4)C2)C3)c2ccc(C)cc2)cc1. The Kier molecular flexibility index (Phi) is 5.89. The van der Waals surface area contributed by atoms with Crippen molar-refractivity contribution < 1.29 is 22.5 Å². The second kappa shape index (κ2) is 8.42. The zero-order valence-corrected chi connectivity index (χ0v) is 21.7. The van der Waals surface area contributed by atoms with Crippen molar-refractivity contribution in [3.63, 3.8) is 0 Å². The average molecular weight is 517 g/mol. The van der Waals surface area contributed by atoms with E-state index in [9.17, 15) is 22.5 Å². The van der Waals surface area contributed by atoms with Gasteiger partial charge in [0.1, 0.15) is 0 Å². The normalized spacial score (nSPS) is 31.1. The lowest BCUT2D eigenvalue weighted by atomic mass is 9.46. The molecule has 2 aromatic carbocycles. The monoisotopic (exact) mass is 516 g/mol. The highest BCUT2D eigenvalue weighted by atomic mass is 32.3. The molecule has 3 unspecified atom stereocenters. The largest absolute Gasteiger partial charge is 0.481 e. The summed E-state index contributed by atoms with van der Waals surface area (Å²) < 4.78 is 48.6. The van der Waals surface area contributed by atoms with Crippen LogP contribution in [0.15, 0.2) is 62.1 Å². The third-order valence-corrected chi connectivity index (χ3v) is 12.0. The molecule has 0 heterocycles. The standard InChI is InChI=1S/C26H32N2O5S2/c1-18-3-7-22(8-4-18)34(31,28-35(32,33)23-9-5-19(2)6-10-23)27-26-14-20-11-21(15-26)13-25(12-20,17-26)16-24(29)30/h3-10,20-21H,11-17H2,1-2H3,(H,29,30)(H,27,28,31)/t20-,21+,25?,26?,34?. The maximum atomic E-state index is 14.6. The Balaban J connectivity index is 1.60. The Morgan fingerprint density at radius 2 is 1.43 bits per heavy atom. The second-order valence-corrected chi connectivity index (χ2v) is 14.9. The topological polar surface area (TPSA) is 113 Å². The van der Waals surface area contributed by atoms with Crippen LogP contribution < -0.4 is 4.72 Å². The van der Waals surface area contributed by atoms with Crippen LogP contribution in [0, 0.1) is 31.1 Å². The van der Waals surface area contributed by atoms with Gasteiger partial charge in [-0.15, -0.1) is 0 Å². The zero-order valence-electron chi connectivity index (χ0n) is 20.1. The number of carboxylic acid groups (broad SMARTS) is 1. The molecule has 188 valence electrons. The maximum absolute atomic E-state index is 14.6. The van der Waals surface area contributed by atoms with Crippen molar-refractivity contribution >= 4 is 25.9 Å². The first-order valence-corrected chi connectivity index (χ1v) is 15.0. The van der Waals surface area contributed by atoms with Crippen LogP contribution in [0.2, 0.25) is 0 Å². The Labute approximate surface area is 207 Å². The molecule has 7 nitrogen and oxygen atoms in total. The van der Waals surface area contributed by atoms with E-state index in [1.807, 2.05) is 13.8 Å². The molecule has 0 radical (unpaired) electrons. The van der Waals surface area contributed by atoms with Crippen LogP contribution in [-0.2, 0) is 24.7 Å². The van der Waals surface area contributed by atoms with Gasteiger partial charge in [-0.2, -0.15) is 8.42 Å². The van der Waals surface area contributed by atoms with Gasteiger partial charge >= 0.3 is 5.97 Å². The number of sulfonamides is 1. The summed E-state index contributed by atoms with van der Waals surface area (Å²) in [6.45, 7) is 3.78. The zero-order chi connectivity index (χ0) is 25.1. The number of aliphatic carboxylic acids is 1. The maximum Gasteiger partial charge on any atom is 0.303 e. The van der Waals surface area contributed by atoms with E-state index in [4.69, 9.17) is 0 Å². The number of benzene rings is 2. The van der Waals surface area contributed by atoms with Crippen LogP contribution in [0.3, 0.4) is 0 Å². The lowest BCUT2D eigenvalue weighted by Crippen LogP contribution is -2.63. The molecule has 9 heteroatoms. The third kappa shape index (κ3) is 4.78. The third-order valence-electron chi connectivity index (χ3n) is 7.93. The Hall–Kier alpha value is -2.23. The predicted octanol–water partition coefficient (Wildman–Crippen LogP) is 4.84. The van der Waals surface area contributed by atoms with E-state index < -0.39 is 31.4 Å². The summed E-state index contributed by atoms with van der Waals surface area (Å²) in [5, 5.41) is 9.62. The van der Waals surface area contributed by atoms with Crippen LogP contribution in [0.4, 0.5) is 0 Å². The molecule has 6 rings (SSSR count). The average Bonchev–Trinajstić information content (AvgIpc) is 2.71. The molecule has 2 N–H and O–H groups in total. The van der Waals surface area contributed by atoms with Gasteiger partial charge in [-0.05, 0) is 93.9 Å². The molecule has 0 aliphatic heterocycles. The first-order valence-electron chi connectivity index (χ1n) is 12.1. The Morgan fingerprint density at radius 3 is 1.94 bits per heavy atom. The van der Waals surface area contributed by atoms with E-state index in [2.05, 4.69) is 8.49 Å². The molecule has 4 bridgehead atoms. The van der Waals surface area contributed by atoms with E-state index in [1.165, 1.54) is 12.1 Å². The van der Waals surface area contributed by atoms with Crippen LogP contribution >= 0.6 is 0 Å². The van der Waals surface area contributed by atoms with E-state index >= 15 is 0 Å². The molecule has 0 saturated heterocycles. The Bertz CT molecular complexity index is 1360. The molecule has 2 aromatic rings. The molecule has 0 amide bonds. The number of aryl methyl sites for hydroxylation is 2. The fourth-order valence-electron chi connectivity index (χ4n) is 7.13. The number of rotatable bonds is 7. The van der Waals surface area contributed by atoms with Crippen molar-refractivity contribution in [1.29, 1.82) is 0 Å². The number of carboxylic acids is 1. The van der Waals surface area contributed by atoms with E-state index in [0.717, 1.165) is 43.2 Å². The quantitative estimate of drug-likeness (QED) is 0.547. The van der Waals surface area contributed by atoms with Crippen LogP contribution in [0.5, 0.6) is 0 Å². The summed E-state index contributed by atoms with van der Waals surface area (Å²) in [6.07, 6.45) is 4.96. The number of hydrogen-bond donors (Lipinski definition) is 2. The van der Waals surface area contributed by atoms with Crippen LogP contribution in [-0.4, -0.2) is 29.2 Å². The molecule has 0 aromatic heterocycles. The fraction of sp³-hybridized carbons (Fsp3) is 0.500. The molecule has 4 fully saturated rings. The predicted molar refractivity (Wildman–Crippen MR) is 134 cm³/mol. The lowest BCUT2D eigenvalue weighted by molar-refractivity contribution is -0.146. The minimum atomic E-state index is -4.22. The molecule has 4 saturated carbocycles. The van der Waals surface area contributed by atoms with E-state index in [-0.39, 0.29) is 16.7 Å². The number of nitrogens with zero attached hydrogens (tertiary/aromatic N) is 1. The summed E-state index contributed by atoms with van der Waals surface area (Å²) in [4.78, 5) is 12.0. The van der Waals surface area contributed by atoms with E-state index in [0.29, 0.717) is 23.2 Å². The molecule has 35 heavy (non-hydrogen) atoms. The van der Waals surface area contributed by atoms with Gasteiger partial charge in [0.2, 0.25) is 0 Å². The van der Waals surface area contributed by atoms with E-state index in [1.54, 1.807) is 36.4 Å². The van der Waals surface area contributed by atoms with Crippen molar-refractivity contribution in [3.8, 4) is 0 Å². The highest BCUT2D eigenvalue weighted by Gasteiger charge is 2.59. The van der Waals surface area contributed by atoms with Gasteiger partial charge in [-0.1, -0.05) is 39.2 Å². The van der Waals surface area contributed by atoms with Crippen molar-refractivity contribution in [2.45, 2.75) is 74.1 Å². The van der Waals surface area contributed by atoms with Gasteiger partial charge in [-0.25, -0.2) is 8.93 Å². The highest BCUT2D eigenvalue weighted by molar-refractivity contribution is 8.02. The second-order valence-electron chi connectivity index (χ2n) is 11.1. The van der Waals surface area contributed by atoms with Gasteiger partial charge in [0.05, 0.1) is 16.2 Å². The van der Waals surface area contributed by atoms with Crippen molar-refractivity contribution in [3.05, 3.63) is 59.7 Å². The first-order chi connectivity index (χ1) is 16.4. The van der Waals surface area contributed by atoms with Gasteiger partial charge in [0, 0.05) is 5.54 Å². The van der Waals surface area contributed by atoms with Gasteiger partial charge < -0.3 is 5.11 Å².